The molecule has 0 spiro atoms. The van der Waals surface area contributed by atoms with Crippen molar-refractivity contribution in [3.8, 4) is 0 Å². The summed E-state index contributed by atoms with van der Waals surface area (Å²) in [6.45, 7) is 4.87. The highest BCUT2D eigenvalue weighted by Gasteiger charge is 2.17. The molecule has 4 N–H and O–H groups in total. The van der Waals surface area contributed by atoms with Crippen LogP contribution >= 0.6 is 11.8 Å². The minimum absolute atomic E-state index is 0.0420. The van der Waals surface area contributed by atoms with Gasteiger partial charge in [0.25, 0.3) is 0 Å². The van der Waals surface area contributed by atoms with E-state index in [1.807, 2.05) is 6.26 Å². The molecule has 0 heterocycles. The van der Waals surface area contributed by atoms with Gasteiger partial charge in [0.05, 0.1) is 11.3 Å². The Morgan fingerprint density at radius 3 is 2.71 bits per heavy atom. The van der Waals surface area contributed by atoms with Gasteiger partial charge in [0.1, 0.15) is 0 Å². The fraction of sp³-hybridized carbons (Fsp3) is 0.417. The van der Waals surface area contributed by atoms with Gasteiger partial charge in [0.15, 0.2) is 0 Å². The maximum Gasteiger partial charge on any atom is 0.337 e. The lowest BCUT2D eigenvalue weighted by Gasteiger charge is -2.23. The molecular weight excluding hydrogens is 236 g/mol. The van der Waals surface area contributed by atoms with Gasteiger partial charge in [-0.3, -0.25) is 0 Å². The number of carboxylic acids is 1. The van der Waals surface area contributed by atoms with Crippen LogP contribution in [0.25, 0.3) is 0 Å². The zero-order valence-corrected chi connectivity index (χ0v) is 11.1. The Bertz CT molecular complexity index is 419. The first-order valence-corrected chi connectivity index (χ1v) is 6.50. The molecule has 0 saturated carbocycles. The largest absolute Gasteiger partial charge is 0.478 e. The van der Waals surface area contributed by atoms with Crippen molar-refractivity contribution in [3.63, 3.8) is 0 Å². The Kier molecular flexibility index (Phi) is 4.28. The zero-order chi connectivity index (χ0) is 13.1. The summed E-state index contributed by atoms with van der Waals surface area (Å²) in [5.41, 5.74) is 7.03. The van der Waals surface area contributed by atoms with Crippen LogP contribution < -0.4 is 11.1 Å². The van der Waals surface area contributed by atoms with E-state index in [1.165, 1.54) is 6.07 Å². The molecule has 0 aliphatic carbocycles. The molecule has 0 fully saturated rings. The van der Waals surface area contributed by atoms with E-state index >= 15 is 0 Å². The monoisotopic (exact) mass is 254 g/mol. The topological polar surface area (TPSA) is 75.3 Å². The molecule has 94 valence electrons. The summed E-state index contributed by atoms with van der Waals surface area (Å²) in [7, 11) is 0. The molecule has 0 aromatic heterocycles. The molecular formula is C12H18N2O2S. The summed E-state index contributed by atoms with van der Waals surface area (Å²) in [6, 6.07) is 4.76. The molecule has 1 aromatic rings. The number of benzene rings is 1. The number of hydrogen-bond donors (Lipinski definition) is 3. The van der Waals surface area contributed by atoms with Gasteiger partial charge in [0.2, 0.25) is 0 Å². The van der Waals surface area contributed by atoms with Gasteiger partial charge < -0.3 is 16.2 Å². The highest BCUT2D eigenvalue weighted by atomic mass is 32.2. The van der Waals surface area contributed by atoms with Crippen LogP contribution in [-0.2, 0) is 0 Å². The van der Waals surface area contributed by atoms with E-state index < -0.39 is 5.97 Å². The summed E-state index contributed by atoms with van der Waals surface area (Å²) in [6.07, 6.45) is 2.03. The van der Waals surface area contributed by atoms with Gasteiger partial charge in [-0.15, -0.1) is 0 Å². The van der Waals surface area contributed by atoms with Gasteiger partial charge in [-0.05, 0) is 38.3 Å². The van der Waals surface area contributed by atoms with Crippen molar-refractivity contribution in [2.45, 2.75) is 18.6 Å². The maximum atomic E-state index is 11.0. The number of thioether (sulfide) groups is 1. The van der Waals surface area contributed by atoms with Crippen molar-refractivity contribution in [3.05, 3.63) is 23.8 Å². The first-order chi connectivity index (χ1) is 7.85. The molecule has 17 heavy (non-hydrogen) atoms. The molecule has 0 unspecified atom stereocenters. The summed E-state index contributed by atoms with van der Waals surface area (Å²) < 4.78 is 0.0420. The fourth-order valence-corrected chi connectivity index (χ4v) is 1.49. The van der Waals surface area contributed by atoms with Crippen LogP contribution in [0.2, 0.25) is 0 Å². The van der Waals surface area contributed by atoms with Gasteiger partial charge >= 0.3 is 5.97 Å². The van der Waals surface area contributed by atoms with Crippen molar-refractivity contribution in [1.82, 2.24) is 0 Å². The Labute approximate surface area is 106 Å². The minimum Gasteiger partial charge on any atom is -0.478 e. The molecule has 1 rings (SSSR count). The number of carboxylic acid groups (broad SMARTS) is 1. The SMILES string of the molecule is CSC(C)(C)CNc1cc(N)ccc1C(=O)O. The molecule has 5 heteroatoms. The van der Waals surface area contributed by atoms with E-state index in [0.29, 0.717) is 17.9 Å². The van der Waals surface area contributed by atoms with Crippen molar-refractivity contribution in [1.29, 1.82) is 0 Å². The third-order valence-electron chi connectivity index (χ3n) is 2.53. The maximum absolute atomic E-state index is 11.0. The summed E-state index contributed by atoms with van der Waals surface area (Å²) in [5, 5.41) is 12.2. The van der Waals surface area contributed by atoms with E-state index in [4.69, 9.17) is 10.8 Å². The second-order valence-electron chi connectivity index (χ2n) is 4.43. The van der Waals surface area contributed by atoms with Crippen molar-refractivity contribution in [2.75, 3.05) is 23.9 Å². The smallest absolute Gasteiger partial charge is 0.337 e. The van der Waals surface area contributed by atoms with Gasteiger partial charge in [-0.1, -0.05) is 0 Å². The lowest BCUT2D eigenvalue weighted by atomic mass is 10.1. The first-order valence-electron chi connectivity index (χ1n) is 5.27. The fourth-order valence-electron chi connectivity index (χ4n) is 1.27. The van der Waals surface area contributed by atoms with E-state index in [2.05, 4.69) is 19.2 Å². The Hall–Kier alpha value is -1.36. The van der Waals surface area contributed by atoms with E-state index in [9.17, 15) is 4.79 Å². The summed E-state index contributed by atoms with van der Waals surface area (Å²) >= 11 is 1.72. The van der Waals surface area contributed by atoms with Crippen LogP contribution in [0, 0.1) is 0 Å². The third-order valence-corrected chi connectivity index (χ3v) is 3.78. The van der Waals surface area contributed by atoms with Gasteiger partial charge in [0, 0.05) is 17.0 Å². The molecule has 1 aromatic carbocycles. The predicted octanol–water partition coefficient (Wildman–Crippen LogP) is 2.52. The Morgan fingerprint density at radius 1 is 1.53 bits per heavy atom. The van der Waals surface area contributed by atoms with Crippen LogP contribution in [0.5, 0.6) is 0 Å². The van der Waals surface area contributed by atoms with Gasteiger partial charge in [-0.25, -0.2) is 4.79 Å². The second kappa shape index (κ2) is 5.31. The summed E-state index contributed by atoms with van der Waals surface area (Å²) in [4.78, 5) is 11.0. The molecule has 0 aliphatic rings. The Morgan fingerprint density at radius 2 is 2.18 bits per heavy atom. The molecule has 0 bridgehead atoms. The zero-order valence-electron chi connectivity index (χ0n) is 10.3. The first kappa shape index (κ1) is 13.7. The normalized spacial score (nSPS) is 11.2. The number of rotatable bonds is 5. The number of aromatic carboxylic acids is 1. The van der Waals surface area contributed by atoms with Crippen LogP contribution in [0.1, 0.15) is 24.2 Å². The quantitative estimate of drug-likeness (QED) is 0.704. The number of nitrogen functional groups attached to an aromatic ring is 1. The Balaban J connectivity index is 2.89. The van der Waals surface area contributed by atoms with Crippen molar-refractivity contribution in [2.24, 2.45) is 0 Å². The van der Waals surface area contributed by atoms with Crippen LogP contribution in [0.4, 0.5) is 11.4 Å². The molecule has 0 amide bonds. The third kappa shape index (κ3) is 3.85. The highest BCUT2D eigenvalue weighted by Crippen LogP contribution is 2.24. The molecule has 0 saturated heterocycles. The summed E-state index contributed by atoms with van der Waals surface area (Å²) in [5.74, 6) is -0.950. The molecule has 0 radical (unpaired) electrons. The highest BCUT2D eigenvalue weighted by molar-refractivity contribution is 7.99. The average molecular weight is 254 g/mol. The van der Waals surface area contributed by atoms with Crippen LogP contribution in [0.15, 0.2) is 18.2 Å². The van der Waals surface area contributed by atoms with E-state index in [1.54, 1.807) is 23.9 Å². The molecule has 0 atom stereocenters. The van der Waals surface area contributed by atoms with Crippen molar-refractivity contribution < 1.29 is 9.90 Å². The molecule has 0 aliphatic heterocycles. The number of anilines is 2. The molecule has 4 nitrogen and oxygen atoms in total. The second-order valence-corrected chi connectivity index (χ2v) is 5.94. The average Bonchev–Trinajstić information content (AvgIpc) is 2.26. The van der Waals surface area contributed by atoms with Crippen LogP contribution in [0.3, 0.4) is 0 Å². The lowest BCUT2D eigenvalue weighted by molar-refractivity contribution is 0.0698. The lowest BCUT2D eigenvalue weighted by Crippen LogP contribution is -2.26. The van der Waals surface area contributed by atoms with E-state index in [0.717, 1.165) is 0 Å². The van der Waals surface area contributed by atoms with E-state index in [-0.39, 0.29) is 10.3 Å². The number of nitrogens with two attached hydrogens (primary N) is 1. The number of hydrogen-bond acceptors (Lipinski definition) is 4. The van der Waals surface area contributed by atoms with Crippen molar-refractivity contribution >= 4 is 29.1 Å². The number of carbonyl (C=O) groups is 1. The minimum atomic E-state index is -0.950. The van der Waals surface area contributed by atoms with Crippen LogP contribution in [-0.4, -0.2) is 28.6 Å². The standard InChI is InChI=1S/C12H18N2O2S/c1-12(2,17-3)7-14-10-6-8(13)4-5-9(10)11(15)16/h4-6,14H,7,13H2,1-3H3,(H,15,16). The predicted molar refractivity (Wildman–Crippen MR) is 73.9 cm³/mol. The number of nitrogens with one attached hydrogen (secondary N) is 1. The van der Waals surface area contributed by atoms with Gasteiger partial charge in [-0.2, -0.15) is 11.8 Å².